The fourth-order valence-electron chi connectivity index (χ4n) is 5.88. The van der Waals surface area contributed by atoms with Gasteiger partial charge in [-0.25, -0.2) is 9.97 Å². The number of hydrogen-bond donors (Lipinski definition) is 2. The molecular weight excluding hydrogens is 619 g/mol. The first kappa shape index (κ1) is 27.5. The zero-order chi connectivity index (χ0) is 26.8. The van der Waals surface area contributed by atoms with Crippen molar-refractivity contribution in [3.8, 4) is 0 Å². The number of fused-ring (bicyclic) bond motifs is 1. The van der Waals surface area contributed by atoms with Crippen molar-refractivity contribution in [1.82, 2.24) is 25.1 Å². The number of aliphatic hydroxyl groups is 1. The van der Waals surface area contributed by atoms with Gasteiger partial charge in [0, 0.05) is 62.4 Å². The third kappa shape index (κ3) is 5.78. The molecule has 2 unspecified atom stereocenters. The molecule has 3 aliphatic rings. The maximum absolute atomic E-state index is 13.8. The van der Waals surface area contributed by atoms with Gasteiger partial charge in [0.05, 0.1) is 22.1 Å². The highest BCUT2D eigenvalue weighted by Crippen LogP contribution is 2.42. The minimum absolute atomic E-state index is 0.0920. The highest BCUT2D eigenvalue weighted by Gasteiger charge is 2.35. The molecule has 9 nitrogen and oxygen atoms in total. The lowest BCUT2D eigenvalue weighted by Gasteiger charge is -2.38. The van der Waals surface area contributed by atoms with Crippen molar-refractivity contribution in [3.05, 3.63) is 52.4 Å². The van der Waals surface area contributed by atoms with Gasteiger partial charge in [-0.15, -0.1) is 0 Å². The largest absolute Gasteiger partial charge is 0.387 e. The van der Waals surface area contributed by atoms with E-state index in [1.54, 1.807) is 0 Å². The summed E-state index contributed by atoms with van der Waals surface area (Å²) >= 11 is 8.24. The third-order valence-electron chi connectivity index (χ3n) is 8.01. The van der Waals surface area contributed by atoms with Crippen molar-refractivity contribution in [2.45, 2.75) is 43.7 Å². The Bertz CT molecular complexity index is 1160. The molecule has 0 radical (unpaired) electrons. The minimum atomic E-state index is -0.538. The summed E-state index contributed by atoms with van der Waals surface area (Å²) in [4.78, 5) is 40.9. The number of hydrogen-bond acceptors (Lipinski definition) is 7. The fraction of sp³-hybridized carbons (Fsp3) is 0.556. The Morgan fingerprint density at radius 3 is 2.58 bits per heavy atom. The topological polar surface area (TPSA) is 102 Å². The van der Waals surface area contributed by atoms with Gasteiger partial charge in [0.2, 0.25) is 11.8 Å². The summed E-state index contributed by atoms with van der Waals surface area (Å²) in [7, 11) is 0. The molecule has 0 saturated carbocycles. The second kappa shape index (κ2) is 12.0. The monoisotopic (exact) mass is 652 g/mol. The number of carbonyl (C=O) groups is 2. The van der Waals surface area contributed by atoms with Gasteiger partial charge in [0.25, 0.3) is 0 Å². The predicted molar refractivity (Wildman–Crippen MR) is 155 cm³/mol. The van der Waals surface area contributed by atoms with E-state index >= 15 is 0 Å². The quantitative estimate of drug-likeness (QED) is 0.351. The van der Waals surface area contributed by atoms with E-state index in [2.05, 4.69) is 49.7 Å². The number of piperazine rings is 1. The van der Waals surface area contributed by atoms with Crippen LogP contribution in [-0.2, 0) is 9.59 Å². The van der Waals surface area contributed by atoms with Crippen molar-refractivity contribution < 1.29 is 14.7 Å². The molecule has 3 heterocycles. The summed E-state index contributed by atoms with van der Waals surface area (Å²) in [6.07, 6.45) is 2.55. The Hall–Kier alpha value is -2.02. The standard InChI is InChI=1S/C27H34ClIN6O3/c1-17-12-22(36)25-24(17)26(32-16-31-25)33-8-10-34(11-9-33)27(38)21(18-2-4-19(28)5-3-18)14-30-20-6-7-35(15-20)23(37)13-29/h2-5,16-17,20-22,30,36H,6-15H2,1H3/t17-,20?,21?,22-/m1/s1. The fourth-order valence-corrected chi connectivity index (χ4v) is 6.49. The molecule has 2 aliphatic heterocycles. The van der Waals surface area contributed by atoms with E-state index in [0.29, 0.717) is 55.1 Å². The normalized spacial score (nSPS) is 24.0. The molecule has 2 N–H and O–H groups in total. The number of benzene rings is 1. The van der Waals surface area contributed by atoms with E-state index in [4.69, 9.17) is 11.6 Å². The van der Waals surface area contributed by atoms with Crippen molar-refractivity contribution in [2.24, 2.45) is 0 Å². The lowest BCUT2D eigenvalue weighted by Crippen LogP contribution is -2.51. The molecule has 2 fully saturated rings. The maximum Gasteiger partial charge on any atom is 0.232 e. The molecule has 5 rings (SSSR count). The Kier molecular flexibility index (Phi) is 8.71. The summed E-state index contributed by atoms with van der Waals surface area (Å²) in [5.41, 5.74) is 2.71. The van der Waals surface area contributed by atoms with Crippen LogP contribution in [0.5, 0.6) is 0 Å². The molecule has 4 atom stereocenters. The van der Waals surface area contributed by atoms with Gasteiger partial charge >= 0.3 is 0 Å². The minimum Gasteiger partial charge on any atom is -0.387 e. The molecule has 1 aliphatic carbocycles. The number of halogens is 2. The van der Waals surface area contributed by atoms with Crippen molar-refractivity contribution in [3.63, 3.8) is 0 Å². The summed E-state index contributed by atoms with van der Waals surface area (Å²) in [5.74, 6) is 1.00. The summed E-state index contributed by atoms with van der Waals surface area (Å²) < 4.78 is 0.486. The number of anilines is 1. The molecule has 1 aromatic heterocycles. The Labute approximate surface area is 242 Å². The van der Waals surface area contributed by atoms with E-state index in [0.717, 1.165) is 35.6 Å². The molecule has 2 saturated heterocycles. The number of nitrogens with one attached hydrogen (secondary N) is 1. The van der Waals surface area contributed by atoms with Gasteiger partial charge in [0.15, 0.2) is 0 Å². The smallest absolute Gasteiger partial charge is 0.232 e. The van der Waals surface area contributed by atoms with Crippen LogP contribution in [0.2, 0.25) is 5.02 Å². The number of amides is 2. The van der Waals surface area contributed by atoms with Crippen LogP contribution in [0.3, 0.4) is 0 Å². The number of aliphatic hydroxyl groups excluding tert-OH is 1. The van der Waals surface area contributed by atoms with Crippen molar-refractivity contribution >= 4 is 51.8 Å². The molecular formula is C27H34ClIN6O3. The Morgan fingerprint density at radius 1 is 1.13 bits per heavy atom. The molecule has 11 heteroatoms. The zero-order valence-corrected chi connectivity index (χ0v) is 24.4. The van der Waals surface area contributed by atoms with Crippen LogP contribution >= 0.6 is 34.2 Å². The number of nitrogens with zero attached hydrogens (tertiary/aromatic N) is 5. The van der Waals surface area contributed by atoms with Crippen molar-refractivity contribution in [2.75, 3.05) is 55.1 Å². The van der Waals surface area contributed by atoms with Crippen LogP contribution < -0.4 is 10.2 Å². The predicted octanol–water partition coefficient (Wildman–Crippen LogP) is 2.73. The summed E-state index contributed by atoms with van der Waals surface area (Å²) in [6.45, 7) is 6.59. The summed E-state index contributed by atoms with van der Waals surface area (Å²) in [5, 5.41) is 14.6. The van der Waals surface area contributed by atoms with E-state index in [1.165, 1.54) is 6.33 Å². The number of aromatic nitrogens is 2. The molecule has 1 aromatic carbocycles. The van der Waals surface area contributed by atoms with Crippen LogP contribution in [0.25, 0.3) is 0 Å². The molecule has 2 aromatic rings. The number of carbonyl (C=O) groups excluding carboxylic acids is 2. The number of alkyl halides is 1. The second-order valence-electron chi connectivity index (χ2n) is 10.4. The molecule has 2 amide bonds. The molecule has 0 spiro atoms. The first-order valence-electron chi connectivity index (χ1n) is 13.2. The highest BCUT2D eigenvalue weighted by atomic mass is 127. The van der Waals surface area contributed by atoms with Gasteiger partial charge in [-0.05, 0) is 36.5 Å². The first-order valence-corrected chi connectivity index (χ1v) is 15.1. The molecule has 38 heavy (non-hydrogen) atoms. The maximum atomic E-state index is 13.8. The van der Waals surface area contributed by atoms with Crippen LogP contribution in [0, 0.1) is 0 Å². The average molecular weight is 653 g/mol. The van der Waals surface area contributed by atoms with E-state index in [9.17, 15) is 14.7 Å². The summed E-state index contributed by atoms with van der Waals surface area (Å²) in [6, 6.07) is 7.70. The van der Waals surface area contributed by atoms with Gasteiger partial charge in [-0.2, -0.15) is 0 Å². The van der Waals surface area contributed by atoms with Crippen molar-refractivity contribution in [1.29, 1.82) is 0 Å². The lowest BCUT2D eigenvalue weighted by atomic mass is 9.96. The number of likely N-dealkylation sites (tertiary alicyclic amines) is 1. The second-order valence-corrected chi connectivity index (χ2v) is 11.6. The number of rotatable bonds is 7. The third-order valence-corrected chi connectivity index (χ3v) is 8.91. The average Bonchev–Trinajstić information content (AvgIpc) is 3.53. The van der Waals surface area contributed by atoms with Crippen LogP contribution in [0.1, 0.15) is 54.5 Å². The van der Waals surface area contributed by atoms with Crippen LogP contribution in [0.4, 0.5) is 5.82 Å². The van der Waals surface area contributed by atoms with Crippen LogP contribution in [-0.4, -0.2) is 93.0 Å². The molecule has 0 bridgehead atoms. The zero-order valence-electron chi connectivity index (χ0n) is 21.5. The van der Waals surface area contributed by atoms with Gasteiger partial charge in [0.1, 0.15) is 12.1 Å². The first-order chi connectivity index (χ1) is 18.4. The SMILES string of the molecule is C[C@@H]1C[C@@H](O)c2ncnc(N3CCN(C(=O)C(CNC4CCN(C(=O)CI)C4)c4ccc(Cl)cc4)CC3)c21. The molecule has 204 valence electrons. The van der Waals surface area contributed by atoms with Crippen LogP contribution in [0.15, 0.2) is 30.6 Å². The van der Waals surface area contributed by atoms with Gasteiger partial charge < -0.3 is 25.1 Å². The Morgan fingerprint density at radius 2 is 1.87 bits per heavy atom. The van der Waals surface area contributed by atoms with E-state index < -0.39 is 6.10 Å². The highest BCUT2D eigenvalue weighted by molar-refractivity contribution is 14.1. The van der Waals surface area contributed by atoms with E-state index in [-0.39, 0.29) is 29.7 Å². The van der Waals surface area contributed by atoms with Gasteiger partial charge in [-0.3, -0.25) is 9.59 Å². The van der Waals surface area contributed by atoms with E-state index in [1.807, 2.05) is 34.1 Å². The lowest BCUT2D eigenvalue weighted by molar-refractivity contribution is -0.133. The van der Waals surface area contributed by atoms with Gasteiger partial charge in [-0.1, -0.05) is 53.2 Å². The Balaban J connectivity index is 1.25.